The molecule has 2 atom stereocenters. The summed E-state index contributed by atoms with van der Waals surface area (Å²) in [6.45, 7) is 7.56. The van der Waals surface area contributed by atoms with E-state index in [9.17, 15) is 28.0 Å². The molecule has 2 unspecified atom stereocenters. The fraction of sp³-hybridized carbons (Fsp3) is 0.286. The molecule has 6 N–H and O–H groups in total. The predicted octanol–water partition coefficient (Wildman–Crippen LogP) is 11.0. The number of carbonyl (C=O) groups is 4. The van der Waals surface area contributed by atoms with E-state index in [0.29, 0.717) is 44.7 Å². The van der Waals surface area contributed by atoms with Crippen LogP contribution in [-0.4, -0.2) is 79.2 Å². The summed E-state index contributed by atoms with van der Waals surface area (Å²) in [4.78, 5) is 50.1. The molecular formula is C56H70BBrCl2F2N4O8. The Hall–Kier alpha value is -6.30. The molecule has 74 heavy (non-hydrogen) atoms. The van der Waals surface area contributed by atoms with Crippen molar-refractivity contribution < 1.29 is 47.5 Å². The van der Waals surface area contributed by atoms with Gasteiger partial charge in [-0.15, -0.1) is 0 Å². The lowest BCUT2D eigenvalue weighted by molar-refractivity contribution is -0.123. The van der Waals surface area contributed by atoms with Crippen molar-refractivity contribution in [3.8, 4) is 22.6 Å². The molecule has 400 valence electrons. The van der Waals surface area contributed by atoms with Crippen molar-refractivity contribution in [1.29, 1.82) is 0 Å². The van der Waals surface area contributed by atoms with Crippen molar-refractivity contribution in [2.75, 3.05) is 14.1 Å². The van der Waals surface area contributed by atoms with Crippen LogP contribution in [0.15, 0.2) is 138 Å². The van der Waals surface area contributed by atoms with E-state index in [2.05, 4.69) is 37.2 Å². The molecule has 6 rings (SSSR count). The topological polar surface area (TPSA) is 175 Å². The van der Waals surface area contributed by atoms with Crippen LogP contribution in [0.4, 0.5) is 8.78 Å². The smallest absolute Gasteiger partial charge is 0.489 e. The molecule has 0 radical (unpaired) electrons. The summed E-state index contributed by atoms with van der Waals surface area (Å²) >= 11 is 15.8. The number of rotatable bonds is 16. The summed E-state index contributed by atoms with van der Waals surface area (Å²) in [5, 5.41) is 28.4. The highest BCUT2D eigenvalue weighted by Gasteiger charge is 2.24. The van der Waals surface area contributed by atoms with Gasteiger partial charge in [0.05, 0.1) is 22.3 Å². The van der Waals surface area contributed by atoms with Crippen molar-refractivity contribution in [2.45, 2.75) is 94.5 Å². The molecule has 0 bridgehead atoms. The molecule has 6 aromatic rings. The number of amides is 4. The largest absolute Gasteiger partial charge is 0.491 e. The Bertz CT molecular complexity index is 2700. The average molecular weight is 1130 g/mol. The van der Waals surface area contributed by atoms with Crippen molar-refractivity contribution in [3.05, 3.63) is 182 Å². The number of hydrogen-bond donors (Lipinski definition) is 6. The highest BCUT2D eigenvalue weighted by Crippen LogP contribution is 2.28. The summed E-state index contributed by atoms with van der Waals surface area (Å²) in [7, 11) is 1.33. The van der Waals surface area contributed by atoms with Gasteiger partial charge in [0, 0.05) is 53.6 Å². The molecule has 0 aliphatic carbocycles. The van der Waals surface area contributed by atoms with Gasteiger partial charge in [-0.2, -0.15) is 0 Å². The summed E-state index contributed by atoms with van der Waals surface area (Å²) in [5.74, 6) is -1.29. The summed E-state index contributed by atoms with van der Waals surface area (Å²) in [6.07, 6.45) is 0.571. The molecule has 12 nitrogen and oxygen atoms in total. The molecule has 0 aliphatic heterocycles. The Morgan fingerprint density at radius 1 is 0.581 bits per heavy atom. The van der Waals surface area contributed by atoms with Crippen LogP contribution in [0, 0.1) is 11.6 Å². The zero-order valence-corrected chi connectivity index (χ0v) is 42.3. The molecule has 0 heterocycles. The monoisotopic (exact) mass is 1120 g/mol. The number of halogens is 5. The number of carbonyl (C=O) groups excluding carboxylic acids is 4. The molecule has 4 amide bonds. The van der Waals surface area contributed by atoms with Crippen molar-refractivity contribution in [2.24, 2.45) is 0 Å². The van der Waals surface area contributed by atoms with Gasteiger partial charge in [-0.3, -0.25) is 19.2 Å². The maximum absolute atomic E-state index is 14.0. The van der Waals surface area contributed by atoms with E-state index in [4.69, 9.17) is 42.7 Å². The fourth-order valence-corrected chi connectivity index (χ4v) is 7.24. The highest BCUT2D eigenvalue weighted by molar-refractivity contribution is 9.10. The van der Waals surface area contributed by atoms with Gasteiger partial charge in [-0.05, 0) is 105 Å². The van der Waals surface area contributed by atoms with Gasteiger partial charge in [0.1, 0.15) is 35.2 Å². The molecule has 18 heteroatoms. The molecule has 0 aliphatic rings. The maximum Gasteiger partial charge on any atom is 0.491 e. The van der Waals surface area contributed by atoms with Crippen LogP contribution in [-0.2, 0) is 22.4 Å². The number of hydrogen-bond acceptors (Lipinski definition) is 8. The second kappa shape index (κ2) is 33.5. The van der Waals surface area contributed by atoms with Gasteiger partial charge in [0.25, 0.3) is 11.8 Å². The Balaban J connectivity index is 0.00000117. The Labute approximate surface area is 454 Å². The number of benzene rings is 6. The third kappa shape index (κ3) is 21.3. The fourth-order valence-electron chi connectivity index (χ4n) is 6.53. The zero-order valence-electron chi connectivity index (χ0n) is 39.2. The third-order valence-electron chi connectivity index (χ3n) is 9.97. The lowest BCUT2D eigenvalue weighted by Gasteiger charge is -2.18. The minimum absolute atomic E-state index is 0. The van der Waals surface area contributed by atoms with Gasteiger partial charge < -0.3 is 40.8 Å². The van der Waals surface area contributed by atoms with Crippen LogP contribution < -0.4 is 36.2 Å². The van der Waals surface area contributed by atoms with Gasteiger partial charge in [0.15, 0.2) is 0 Å². The first-order valence-electron chi connectivity index (χ1n) is 22.0. The van der Waals surface area contributed by atoms with Crippen molar-refractivity contribution >= 4 is 75.3 Å². The average Bonchev–Trinajstić information content (AvgIpc) is 3.33. The number of nitrogens with one attached hydrogen (secondary N) is 4. The van der Waals surface area contributed by atoms with E-state index < -0.39 is 30.9 Å². The maximum atomic E-state index is 14.0. The van der Waals surface area contributed by atoms with Crippen LogP contribution in [0.25, 0.3) is 11.1 Å². The Morgan fingerprint density at radius 2 is 0.973 bits per heavy atom. The quantitative estimate of drug-likeness (QED) is 0.0519. The molecular weight excluding hydrogens is 1060 g/mol. The third-order valence-corrected chi connectivity index (χ3v) is 11.1. The lowest BCUT2D eigenvalue weighted by Crippen LogP contribution is -2.47. The normalized spacial score (nSPS) is 10.8. The van der Waals surface area contributed by atoms with E-state index in [0.717, 1.165) is 21.2 Å². The minimum atomic E-state index is -1.72. The second-order valence-electron chi connectivity index (χ2n) is 16.0. The summed E-state index contributed by atoms with van der Waals surface area (Å²) in [5.41, 5.74) is 3.58. The van der Waals surface area contributed by atoms with Crippen LogP contribution >= 0.6 is 39.1 Å². The van der Waals surface area contributed by atoms with E-state index in [-0.39, 0.29) is 77.3 Å². The molecule has 0 saturated carbocycles. The molecule has 0 aromatic heterocycles. The SMILES string of the molecule is C.C.C.C.CNC(=O)C(Cc1ccc(-c2ccccc2F)cc1)NC(=O)c1ccc(OC(C)C)c(Cl)c1.CNC(=O)C(Cc1ccc(Br)cc1)NC(=O)c1ccc(OC(C)C)c(Cl)c1.OB(O)c1ccccc1F. The van der Waals surface area contributed by atoms with Crippen LogP contribution in [0.5, 0.6) is 11.5 Å². The number of ether oxygens (including phenoxy) is 2. The van der Waals surface area contributed by atoms with Crippen molar-refractivity contribution in [1.82, 2.24) is 21.3 Å². The van der Waals surface area contributed by atoms with E-state index >= 15 is 0 Å². The molecule has 0 fully saturated rings. The second-order valence-corrected chi connectivity index (χ2v) is 17.7. The molecule has 6 aromatic carbocycles. The van der Waals surface area contributed by atoms with Gasteiger partial charge >= 0.3 is 7.12 Å². The molecule has 0 saturated heterocycles. The first kappa shape index (κ1) is 67.7. The lowest BCUT2D eigenvalue weighted by atomic mass is 9.80. The highest BCUT2D eigenvalue weighted by atomic mass is 79.9. The Morgan fingerprint density at radius 3 is 1.32 bits per heavy atom. The Kier molecular flexibility index (Phi) is 30.7. The van der Waals surface area contributed by atoms with Gasteiger partial charge in [-0.25, -0.2) is 8.78 Å². The van der Waals surface area contributed by atoms with Crippen LogP contribution in [0.1, 0.15) is 89.2 Å². The first-order valence-corrected chi connectivity index (χ1v) is 23.5. The summed E-state index contributed by atoms with van der Waals surface area (Å²) < 4.78 is 38.7. The predicted molar refractivity (Wildman–Crippen MR) is 302 cm³/mol. The zero-order chi connectivity index (χ0) is 51.5. The van der Waals surface area contributed by atoms with E-state index in [1.165, 1.54) is 56.6 Å². The van der Waals surface area contributed by atoms with Crippen LogP contribution in [0.2, 0.25) is 10.0 Å². The van der Waals surface area contributed by atoms with Crippen LogP contribution in [0.3, 0.4) is 0 Å². The standard InChI is InChI=1S/C26H26ClFN2O3.C20H22BrClN2O3.C6H6BFO2.4CH4/c1-16(2)33-24-13-12-19(15-21(24)27)25(31)30-23(26(32)29-3)14-17-8-10-18(11-9-17)20-6-4-5-7-22(20)28;1-12(2)27-18-9-6-14(11-16(18)22)19(25)24-17(20(26)23-3)10-13-4-7-15(21)8-5-13;8-6-4-2-1-3-5(6)7(9)10;;;;/h4-13,15-16,23H,14H2,1-3H3,(H,29,32)(H,30,31);4-9,11-12,17H,10H2,1-3H3,(H,23,26)(H,24,25);1-4,9-10H;4*1H4. The molecule has 0 spiro atoms. The summed E-state index contributed by atoms with van der Waals surface area (Å²) in [6, 6.07) is 34.9. The van der Waals surface area contributed by atoms with E-state index in [1.807, 2.05) is 64.1 Å². The van der Waals surface area contributed by atoms with E-state index in [1.54, 1.807) is 54.6 Å². The van der Waals surface area contributed by atoms with Crippen molar-refractivity contribution in [3.63, 3.8) is 0 Å². The van der Waals surface area contributed by atoms with Gasteiger partial charge in [0.2, 0.25) is 11.8 Å². The van der Waals surface area contributed by atoms with Gasteiger partial charge in [-0.1, -0.05) is 142 Å². The first-order chi connectivity index (χ1) is 33.3. The minimum Gasteiger partial charge on any atom is -0.489 e. The number of likely N-dealkylation sites (N-methyl/N-ethyl adjacent to an activating group) is 2.